The van der Waals surface area contributed by atoms with Gasteiger partial charge in [-0.05, 0) is 43.4 Å². The van der Waals surface area contributed by atoms with Crippen molar-refractivity contribution in [2.24, 2.45) is 17.8 Å². The van der Waals surface area contributed by atoms with E-state index in [1.165, 1.54) is 51.6 Å². The number of hydrogen-bond donors (Lipinski definition) is 1. The molecule has 2 rings (SSSR count). The summed E-state index contributed by atoms with van der Waals surface area (Å²) >= 11 is 0. The Hall–Kier alpha value is -0.0800. The molecule has 0 bridgehead atoms. The Bertz CT molecular complexity index is 294. The molecule has 1 N–H and O–H groups in total. The van der Waals surface area contributed by atoms with Crippen LogP contribution in [0.4, 0.5) is 0 Å². The van der Waals surface area contributed by atoms with Crippen LogP contribution in [0.15, 0.2) is 0 Å². The first-order valence-corrected chi connectivity index (χ1v) is 9.55. The first-order chi connectivity index (χ1) is 10.1. The summed E-state index contributed by atoms with van der Waals surface area (Å²) in [5.41, 5.74) is 0. The number of piperazine rings is 1. The van der Waals surface area contributed by atoms with Crippen molar-refractivity contribution in [2.75, 3.05) is 13.1 Å². The van der Waals surface area contributed by atoms with E-state index in [0.717, 1.165) is 29.8 Å². The third kappa shape index (κ3) is 4.22. The van der Waals surface area contributed by atoms with Crippen LogP contribution >= 0.6 is 0 Å². The van der Waals surface area contributed by atoms with Crippen LogP contribution in [0.1, 0.15) is 73.1 Å². The minimum atomic E-state index is 0.703. The van der Waals surface area contributed by atoms with Crippen molar-refractivity contribution in [1.82, 2.24) is 10.2 Å². The molecule has 1 saturated heterocycles. The van der Waals surface area contributed by atoms with E-state index in [0.29, 0.717) is 6.04 Å². The molecule has 2 heteroatoms. The van der Waals surface area contributed by atoms with Gasteiger partial charge in [-0.1, -0.05) is 47.5 Å². The lowest BCUT2D eigenvalue weighted by atomic mass is 9.81. The van der Waals surface area contributed by atoms with Crippen molar-refractivity contribution in [3.8, 4) is 0 Å². The quantitative estimate of drug-likeness (QED) is 0.813. The summed E-state index contributed by atoms with van der Waals surface area (Å²) in [6.45, 7) is 14.4. The van der Waals surface area contributed by atoms with Crippen LogP contribution in [0.3, 0.4) is 0 Å². The molecule has 3 unspecified atom stereocenters. The molecule has 3 atom stereocenters. The standard InChI is InChI=1S/C19H38N2/c1-6-15(5)18-13-21(19(12-20-18)14(3)4)17-10-8-16(7-2)9-11-17/h14-20H,6-13H2,1-5H3. The van der Waals surface area contributed by atoms with E-state index in [1.54, 1.807) is 0 Å². The molecule has 0 aromatic heterocycles. The van der Waals surface area contributed by atoms with E-state index in [2.05, 4.69) is 44.8 Å². The van der Waals surface area contributed by atoms with Gasteiger partial charge < -0.3 is 5.32 Å². The van der Waals surface area contributed by atoms with Gasteiger partial charge in [0.15, 0.2) is 0 Å². The smallest absolute Gasteiger partial charge is 0.0247 e. The second-order valence-electron chi connectivity index (χ2n) is 7.99. The third-order valence-corrected chi connectivity index (χ3v) is 6.39. The Morgan fingerprint density at radius 1 is 1.05 bits per heavy atom. The van der Waals surface area contributed by atoms with E-state index in [4.69, 9.17) is 0 Å². The Labute approximate surface area is 133 Å². The fraction of sp³-hybridized carbons (Fsp3) is 1.00. The van der Waals surface area contributed by atoms with Crippen LogP contribution in [0.25, 0.3) is 0 Å². The van der Waals surface area contributed by atoms with Crippen molar-refractivity contribution >= 4 is 0 Å². The molecule has 0 radical (unpaired) electrons. The number of rotatable bonds is 5. The Morgan fingerprint density at radius 2 is 1.71 bits per heavy atom. The molecule has 1 aliphatic carbocycles. The summed E-state index contributed by atoms with van der Waals surface area (Å²) in [6, 6.07) is 2.30. The zero-order valence-corrected chi connectivity index (χ0v) is 15.1. The zero-order valence-electron chi connectivity index (χ0n) is 15.1. The SMILES string of the molecule is CCC1CCC(N2CC(C(C)CC)NCC2C(C)C)CC1. The third-order valence-electron chi connectivity index (χ3n) is 6.39. The van der Waals surface area contributed by atoms with Gasteiger partial charge in [0.25, 0.3) is 0 Å². The molecular formula is C19H38N2. The summed E-state index contributed by atoms with van der Waals surface area (Å²) in [6.07, 6.45) is 8.48. The highest BCUT2D eigenvalue weighted by Crippen LogP contribution is 2.33. The predicted molar refractivity (Wildman–Crippen MR) is 92.6 cm³/mol. The van der Waals surface area contributed by atoms with Crippen molar-refractivity contribution < 1.29 is 0 Å². The molecule has 1 heterocycles. The van der Waals surface area contributed by atoms with E-state index in [9.17, 15) is 0 Å². The van der Waals surface area contributed by atoms with Gasteiger partial charge in [-0.2, -0.15) is 0 Å². The minimum absolute atomic E-state index is 0.703. The highest BCUT2D eigenvalue weighted by atomic mass is 15.3. The highest BCUT2D eigenvalue weighted by molar-refractivity contribution is 4.94. The topological polar surface area (TPSA) is 15.3 Å². The van der Waals surface area contributed by atoms with Gasteiger partial charge in [0, 0.05) is 31.2 Å². The lowest BCUT2D eigenvalue weighted by Gasteiger charge is -2.49. The van der Waals surface area contributed by atoms with Crippen molar-refractivity contribution in [2.45, 2.75) is 91.3 Å². The summed E-state index contributed by atoms with van der Waals surface area (Å²) in [4.78, 5) is 2.91. The monoisotopic (exact) mass is 294 g/mol. The van der Waals surface area contributed by atoms with Crippen molar-refractivity contribution in [3.63, 3.8) is 0 Å². The highest BCUT2D eigenvalue weighted by Gasteiger charge is 2.36. The Kier molecular flexibility index (Phi) is 6.55. The van der Waals surface area contributed by atoms with Gasteiger partial charge in [-0.3, -0.25) is 4.90 Å². The molecule has 1 saturated carbocycles. The minimum Gasteiger partial charge on any atom is -0.311 e. The Balaban J connectivity index is 2.00. The maximum atomic E-state index is 3.85. The average Bonchev–Trinajstić information content (AvgIpc) is 2.53. The van der Waals surface area contributed by atoms with Crippen molar-refractivity contribution in [1.29, 1.82) is 0 Å². The van der Waals surface area contributed by atoms with E-state index in [-0.39, 0.29) is 0 Å². The van der Waals surface area contributed by atoms with Crippen LogP contribution < -0.4 is 5.32 Å². The molecule has 0 amide bonds. The number of nitrogens with zero attached hydrogens (tertiary/aromatic N) is 1. The molecule has 2 aliphatic rings. The van der Waals surface area contributed by atoms with E-state index < -0.39 is 0 Å². The zero-order chi connectivity index (χ0) is 15.4. The van der Waals surface area contributed by atoms with Gasteiger partial charge in [0.1, 0.15) is 0 Å². The van der Waals surface area contributed by atoms with Gasteiger partial charge >= 0.3 is 0 Å². The van der Waals surface area contributed by atoms with Gasteiger partial charge in [-0.15, -0.1) is 0 Å². The molecule has 2 nitrogen and oxygen atoms in total. The van der Waals surface area contributed by atoms with Crippen LogP contribution in [0.5, 0.6) is 0 Å². The first-order valence-electron chi connectivity index (χ1n) is 9.55. The van der Waals surface area contributed by atoms with E-state index >= 15 is 0 Å². The first kappa shape index (κ1) is 17.3. The van der Waals surface area contributed by atoms with Crippen molar-refractivity contribution in [3.05, 3.63) is 0 Å². The lowest BCUT2D eigenvalue weighted by Crippen LogP contribution is -2.62. The largest absolute Gasteiger partial charge is 0.311 e. The summed E-state index contributed by atoms with van der Waals surface area (Å²) in [5.74, 6) is 2.57. The van der Waals surface area contributed by atoms with Crippen LogP contribution in [-0.2, 0) is 0 Å². The number of nitrogens with one attached hydrogen (secondary N) is 1. The van der Waals surface area contributed by atoms with Crippen LogP contribution in [0, 0.1) is 17.8 Å². The van der Waals surface area contributed by atoms with Gasteiger partial charge in [0.05, 0.1) is 0 Å². The van der Waals surface area contributed by atoms with Crippen LogP contribution in [-0.4, -0.2) is 36.1 Å². The molecule has 21 heavy (non-hydrogen) atoms. The lowest BCUT2D eigenvalue weighted by molar-refractivity contribution is 0.0220. The average molecular weight is 295 g/mol. The Morgan fingerprint density at radius 3 is 2.24 bits per heavy atom. The second-order valence-corrected chi connectivity index (χ2v) is 7.99. The molecule has 0 spiro atoms. The molecule has 1 aliphatic heterocycles. The molecule has 0 aromatic carbocycles. The maximum absolute atomic E-state index is 3.85. The fourth-order valence-corrected chi connectivity index (χ4v) is 4.41. The molecular weight excluding hydrogens is 256 g/mol. The summed E-state index contributed by atoms with van der Waals surface area (Å²) < 4.78 is 0. The van der Waals surface area contributed by atoms with Gasteiger partial charge in [0.2, 0.25) is 0 Å². The molecule has 2 fully saturated rings. The fourth-order valence-electron chi connectivity index (χ4n) is 4.41. The molecule has 124 valence electrons. The maximum Gasteiger partial charge on any atom is 0.0247 e. The normalized spacial score (nSPS) is 36.9. The molecule has 0 aromatic rings. The second kappa shape index (κ2) is 7.97. The summed E-state index contributed by atoms with van der Waals surface area (Å²) in [5, 5.41) is 3.85. The van der Waals surface area contributed by atoms with E-state index in [1.807, 2.05) is 0 Å². The van der Waals surface area contributed by atoms with Crippen LogP contribution in [0.2, 0.25) is 0 Å². The predicted octanol–water partition coefficient (Wildman–Crippen LogP) is 4.30. The summed E-state index contributed by atoms with van der Waals surface area (Å²) in [7, 11) is 0. The van der Waals surface area contributed by atoms with Gasteiger partial charge in [-0.25, -0.2) is 0 Å². The number of hydrogen-bond acceptors (Lipinski definition) is 2.